The van der Waals surface area contributed by atoms with E-state index in [1.807, 2.05) is 78.9 Å². The molecule has 4 unspecified atom stereocenters. The molecule has 51 heavy (non-hydrogen) atoms. The number of hydrogen-bond donors (Lipinski definition) is 3. The summed E-state index contributed by atoms with van der Waals surface area (Å²) in [5.41, 5.74) is 5.97. The lowest BCUT2D eigenvalue weighted by molar-refractivity contribution is -0.253. The van der Waals surface area contributed by atoms with Crippen molar-refractivity contribution in [3.8, 4) is 0 Å². The summed E-state index contributed by atoms with van der Waals surface area (Å²) in [6.45, 7) is 6.04. The molecule has 3 N–H and O–H groups in total. The number of carbonyl (C=O) groups excluding carboxylic acids is 2. The minimum atomic E-state index is -0.806. The van der Waals surface area contributed by atoms with Crippen LogP contribution in [-0.2, 0) is 45.1 Å². The number of nitrogens with zero attached hydrogens (tertiary/aromatic N) is 2. The van der Waals surface area contributed by atoms with E-state index in [9.17, 15) is 14.7 Å². The van der Waals surface area contributed by atoms with Crippen molar-refractivity contribution in [2.75, 3.05) is 39.8 Å². The van der Waals surface area contributed by atoms with Crippen LogP contribution in [0.3, 0.4) is 0 Å². The number of esters is 1. The lowest BCUT2D eigenvalue weighted by atomic mass is 9.99. The van der Waals surface area contributed by atoms with Gasteiger partial charge in [0.1, 0.15) is 6.04 Å². The number of rotatable bonds is 13. The summed E-state index contributed by atoms with van der Waals surface area (Å²) in [5.74, 6) is -0.503. The van der Waals surface area contributed by atoms with E-state index in [0.29, 0.717) is 6.42 Å². The number of amides is 2. The predicted octanol–water partition coefficient (Wildman–Crippen LogP) is 5.13. The topological polar surface area (TPSA) is 113 Å². The zero-order valence-corrected chi connectivity index (χ0v) is 29.2. The van der Waals surface area contributed by atoms with Gasteiger partial charge in [-0.2, -0.15) is 0 Å². The van der Waals surface area contributed by atoms with Crippen molar-refractivity contribution in [2.45, 2.75) is 57.1 Å². The van der Waals surface area contributed by atoms with Crippen LogP contribution in [0.15, 0.2) is 109 Å². The number of ether oxygens (including phenoxy) is 3. The van der Waals surface area contributed by atoms with E-state index >= 15 is 0 Å². The number of aliphatic hydroxyl groups excluding tert-OH is 1. The third-order valence-electron chi connectivity index (χ3n) is 9.57. The second-order valence-electron chi connectivity index (χ2n) is 13.2. The van der Waals surface area contributed by atoms with Crippen molar-refractivity contribution in [1.82, 2.24) is 20.4 Å². The number of hydrogen-bond acceptors (Lipinski definition) is 8. The van der Waals surface area contributed by atoms with Crippen LogP contribution in [0.5, 0.6) is 0 Å². The van der Waals surface area contributed by atoms with Crippen molar-refractivity contribution in [3.63, 3.8) is 0 Å². The molecule has 2 heterocycles. The number of nitrogens with one attached hydrogen (secondary N) is 2. The third-order valence-corrected chi connectivity index (χ3v) is 9.57. The molecule has 2 saturated heterocycles. The Morgan fingerprint density at radius 3 is 2.02 bits per heavy atom. The first-order valence-electron chi connectivity index (χ1n) is 17.7. The summed E-state index contributed by atoms with van der Waals surface area (Å²) in [6.07, 6.45) is 0.303. The summed E-state index contributed by atoms with van der Waals surface area (Å²) in [5, 5.41) is 15.2. The average Bonchev–Trinajstić information content (AvgIpc) is 3.18. The first-order valence-corrected chi connectivity index (χ1v) is 17.7. The molecule has 2 fully saturated rings. The van der Waals surface area contributed by atoms with Crippen LogP contribution >= 0.6 is 0 Å². The summed E-state index contributed by atoms with van der Waals surface area (Å²) in [4.78, 5) is 30.1. The van der Waals surface area contributed by atoms with E-state index in [1.165, 1.54) is 12.7 Å². The highest BCUT2D eigenvalue weighted by Crippen LogP contribution is 2.38. The zero-order valence-electron chi connectivity index (χ0n) is 29.2. The van der Waals surface area contributed by atoms with Crippen molar-refractivity contribution in [3.05, 3.63) is 143 Å². The molecule has 10 heteroatoms. The van der Waals surface area contributed by atoms with Gasteiger partial charge in [0.25, 0.3) is 0 Å². The van der Waals surface area contributed by atoms with Crippen LogP contribution in [0.2, 0.25) is 0 Å². The number of methoxy groups -OCH3 is 1. The molecular weight excluding hydrogens is 644 g/mol. The van der Waals surface area contributed by atoms with Gasteiger partial charge in [0, 0.05) is 64.2 Å². The Morgan fingerprint density at radius 2 is 1.37 bits per heavy atom. The molecule has 2 aliphatic rings. The van der Waals surface area contributed by atoms with E-state index < -0.39 is 24.3 Å². The average molecular weight is 693 g/mol. The molecule has 0 bridgehead atoms. The monoisotopic (exact) mass is 692 g/mol. The predicted molar refractivity (Wildman–Crippen MR) is 194 cm³/mol. The van der Waals surface area contributed by atoms with Crippen LogP contribution in [0.25, 0.3) is 0 Å². The van der Waals surface area contributed by atoms with Crippen LogP contribution in [0.4, 0.5) is 4.79 Å². The molecular formula is C41H48N4O6. The van der Waals surface area contributed by atoms with Crippen molar-refractivity contribution >= 4 is 12.0 Å². The molecule has 0 aliphatic carbocycles. The highest BCUT2D eigenvalue weighted by atomic mass is 16.7. The van der Waals surface area contributed by atoms with E-state index in [4.69, 9.17) is 14.2 Å². The normalized spacial score (nSPS) is 20.3. The molecule has 0 aromatic heterocycles. The van der Waals surface area contributed by atoms with Gasteiger partial charge in [-0.3, -0.25) is 9.80 Å². The Bertz CT molecular complexity index is 1660. The maximum atomic E-state index is 12.8. The van der Waals surface area contributed by atoms with Crippen LogP contribution in [0, 0.1) is 0 Å². The summed E-state index contributed by atoms with van der Waals surface area (Å²) >= 11 is 0. The molecule has 4 aromatic carbocycles. The van der Waals surface area contributed by atoms with E-state index in [0.717, 1.165) is 73.5 Å². The van der Waals surface area contributed by atoms with Gasteiger partial charge in [-0.25, -0.2) is 9.59 Å². The second-order valence-corrected chi connectivity index (χ2v) is 13.2. The molecule has 10 nitrogen and oxygen atoms in total. The van der Waals surface area contributed by atoms with Crippen LogP contribution < -0.4 is 10.6 Å². The molecule has 2 aliphatic heterocycles. The Hall–Kier alpha value is -4.58. The standard InChI is InChI=1S/C41H48N4O6/c1-49-39(47)37(24-30-8-4-2-5-9-30)43-41(48)42-26-31-12-18-35(19-13-31)40-50-36(25-38(51-40)34-16-14-33(29-46)15-17-34)28-45-22-20-44(21-23-45)27-32-10-6-3-7-11-32/h2-19,36-38,40,46H,20-29H2,1H3,(H2,42,43,48). The van der Waals surface area contributed by atoms with Gasteiger partial charge in [-0.05, 0) is 27.8 Å². The minimum absolute atomic E-state index is 0.00116. The first-order chi connectivity index (χ1) is 24.9. The molecule has 6 rings (SSSR count). The molecule has 268 valence electrons. The highest BCUT2D eigenvalue weighted by molar-refractivity contribution is 5.83. The van der Waals surface area contributed by atoms with Gasteiger partial charge < -0.3 is 30.0 Å². The molecule has 0 saturated carbocycles. The fourth-order valence-corrected chi connectivity index (χ4v) is 6.66. The molecule has 0 radical (unpaired) electrons. The highest BCUT2D eigenvalue weighted by Gasteiger charge is 2.34. The number of carbonyl (C=O) groups is 2. The van der Waals surface area contributed by atoms with E-state index in [1.54, 1.807) is 0 Å². The van der Waals surface area contributed by atoms with Crippen LogP contribution in [0.1, 0.15) is 52.2 Å². The van der Waals surface area contributed by atoms with E-state index in [2.05, 4.69) is 50.8 Å². The maximum Gasteiger partial charge on any atom is 0.328 e. The fraction of sp³-hybridized carbons (Fsp3) is 0.366. The SMILES string of the molecule is COC(=O)C(Cc1ccccc1)NC(=O)NCc1ccc(C2OC(CN3CCN(Cc4ccccc4)CC3)CC(c3ccc(CO)cc3)O2)cc1. The molecule has 0 spiro atoms. The minimum Gasteiger partial charge on any atom is -0.467 e. The number of piperazine rings is 1. The Morgan fingerprint density at radius 1 is 0.765 bits per heavy atom. The van der Waals surface area contributed by atoms with Gasteiger partial charge in [0.05, 0.1) is 25.9 Å². The van der Waals surface area contributed by atoms with Crippen molar-refractivity contribution in [2.24, 2.45) is 0 Å². The zero-order chi connectivity index (χ0) is 35.4. The first kappa shape index (κ1) is 36.2. The Balaban J connectivity index is 1.06. The third kappa shape index (κ3) is 10.5. The maximum absolute atomic E-state index is 12.8. The number of benzene rings is 4. The van der Waals surface area contributed by atoms with Gasteiger partial charge in [0.15, 0.2) is 6.29 Å². The summed E-state index contributed by atoms with van der Waals surface area (Å²) in [7, 11) is 1.31. The number of urea groups is 1. The lowest BCUT2D eigenvalue weighted by Gasteiger charge is -2.40. The lowest BCUT2D eigenvalue weighted by Crippen LogP contribution is -2.49. The van der Waals surface area contributed by atoms with E-state index in [-0.39, 0.29) is 25.4 Å². The summed E-state index contributed by atoms with van der Waals surface area (Å²) < 4.78 is 18.1. The number of aliphatic hydroxyl groups is 1. The second kappa shape index (κ2) is 18.1. The van der Waals surface area contributed by atoms with Crippen molar-refractivity contribution in [1.29, 1.82) is 0 Å². The largest absolute Gasteiger partial charge is 0.467 e. The Labute approximate surface area is 300 Å². The van der Waals surface area contributed by atoms with Gasteiger partial charge in [0.2, 0.25) is 0 Å². The quantitative estimate of drug-likeness (QED) is 0.166. The molecule has 4 aromatic rings. The van der Waals surface area contributed by atoms with Gasteiger partial charge >= 0.3 is 12.0 Å². The summed E-state index contributed by atoms with van der Waals surface area (Å²) in [6, 6.07) is 34.6. The smallest absolute Gasteiger partial charge is 0.328 e. The molecule has 2 amide bonds. The fourth-order valence-electron chi connectivity index (χ4n) is 6.66. The molecule has 4 atom stereocenters. The van der Waals surface area contributed by atoms with Crippen LogP contribution in [-0.4, -0.2) is 78.9 Å². The van der Waals surface area contributed by atoms with Gasteiger partial charge in [-0.1, -0.05) is 109 Å². The van der Waals surface area contributed by atoms with Gasteiger partial charge in [-0.15, -0.1) is 0 Å². The van der Waals surface area contributed by atoms with Crippen molar-refractivity contribution < 1.29 is 28.9 Å². The Kier molecular flexibility index (Phi) is 12.8.